The number of hydrogen-bond acceptors (Lipinski definition) is 5. The van der Waals surface area contributed by atoms with Crippen LogP contribution in [0.2, 0.25) is 0 Å². The first-order valence-electron chi connectivity index (χ1n) is 11.2. The molecule has 2 aromatic carbocycles. The molecule has 0 saturated carbocycles. The summed E-state index contributed by atoms with van der Waals surface area (Å²) < 4.78 is 5.18. The number of aliphatic hydroxyl groups is 1. The molecule has 0 heterocycles. The van der Waals surface area contributed by atoms with Gasteiger partial charge in [0.2, 0.25) is 5.91 Å². The van der Waals surface area contributed by atoms with E-state index >= 15 is 0 Å². The number of aryl methyl sites for hydroxylation is 2. The number of carbonyl (C=O) groups excluding carboxylic acids is 3. The average Bonchev–Trinajstić information content (AvgIpc) is 2.79. The highest BCUT2D eigenvalue weighted by atomic mass is 16.6. The molecule has 0 radical (unpaired) electrons. The largest absolute Gasteiger partial charge is 0.444 e. The van der Waals surface area contributed by atoms with Crippen LogP contribution in [0.15, 0.2) is 48.5 Å². The van der Waals surface area contributed by atoms with Crippen molar-refractivity contribution in [2.45, 2.75) is 58.8 Å². The number of rotatable bonds is 8. The molecule has 35 heavy (non-hydrogen) atoms. The minimum absolute atomic E-state index is 0.229. The lowest BCUT2D eigenvalue weighted by atomic mass is 9.96. The maximum atomic E-state index is 13.4. The van der Waals surface area contributed by atoms with Crippen molar-refractivity contribution in [1.29, 1.82) is 0 Å². The zero-order valence-corrected chi connectivity index (χ0v) is 20.8. The van der Waals surface area contributed by atoms with Gasteiger partial charge in [-0.05, 0) is 51.3 Å². The maximum Gasteiger partial charge on any atom is 0.408 e. The number of terminal acetylenes is 1. The van der Waals surface area contributed by atoms with Crippen molar-refractivity contribution in [3.63, 3.8) is 0 Å². The number of nitrogens with one attached hydrogen (secondary N) is 2. The summed E-state index contributed by atoms with van der Waals surface area (Å²) >= 11 is 0. The van der Waals surface area contributed by atoms with Crippen LogP contribution in [-0.4, -0.2) is 46.2 Å². The lowest BCUT2D eigenvalue weighted by molar-refractivity contribution is -0.139. The summed E-state index contributed by atoms with van der Waals surface area (Å²) in [6.45, 7) is 8.24. The zero-order chi connectivity index (χ0) is 26.2. The van der Waals surface area contributed by atoms with Crippen molar-refractivity contribution < 1.29 is 24.2 Å². The van der Waals surface area contributed by atoms with Crippen LogP contribution in [0.5, 0.6) is 0 Å². The summed E-state index contributed by atoms with van der Waals surface area (Å²) in [5.74, 6) is -1.32. The Morgan fingerprint density at radius 1 is 1.11 bits per heavy atom. The van der Waals surface area contributed by atoms with Crippen LogP contribution >= 0.6 is 0 Å². The second kappa shape index (κ2) is 12.0. The van der Waals surface area contributed by atoms with Crippen molar-refractivity contribution in [2.75, 3.05) is 6.61 Å². The Balaban J connectivity index is 2.37. The van der Waals surface area contributed by atoms with E-state index in [1.165, 1.54) is 0 Å². The molecule has 0 aliphatic heterocycles. The molecule has 0 spiro atoms. The summed E-state index contributed by atoms with van der Waals surface area (Å²) in [5, 5.41) is 15.0. The Bertz CT molecular complexity index is 1090. The second-order valence-electron chi connectivity index (χ2n) is 9.18. The lowest BCUT2D eigenvalue weighted by Gasteiger charge is -2.30. The third-order valence-electron chi connectivity index (χ3n) is 5.08. The van der Waals surface area contributed by atoms with E-state index in [9.17, 15) is 19.5 Å². The first-order chi connectivity index (χ1) is 16.5. The van der Waals surface area contributed by atoms with Crippen molar-refractivity contribution in [2.24, 2.45) is 0 Å². The molecule has 0 saturated heterocycles. The molecule has 8 heteroatoms. The summed E-state index contributed by atoms with van der Waals surface area (Å²) in [6.07, 6.45) is 4.82. The first kappa shape index (κ1) is 27.4. The Morgan fingerprint density at radius 2 is 1.77 bits per heavy atom. The first-order valence-corrected chi connectivity index (χ1v) is 11.2. The molecule has 0 aliphatic rings. The highest BCUT2D eigenvalue weighted by Gasteiger charge is 2.36. The van der Waals surface area contributed by atoms with Crippen molar-refractivity contribution >= 4 is 17.9 Å². The van der Waals surface area contributed by atoms with Gasteiger partial charge in [-0.1, -0.05) is 60.5 Å². The molecule has 2 atom stereocenters. The Hall–Kier alpha value is -3.83. The fourth-order valence-corrected chi connectivity index (χ4v) is 3.48. The van der Waals surface area contributed by atoms with Gasteiger partial charge >= 0.3 is 6.09 Å². The number of ether oxygens (including phenoxy) is 1. The normalized spacial score (nSPS) is 12.6. The fraction of sp³-hybridized carbons (Fsp3) is 0.370. The molecule has 3 N–H and O–H groups in total. The summed E-state index contributed by atoms with van der Waals surface area (Å²) in [7, 11) is 0. The highest BCUT2D eigenvalue weighted by molar-refractivity contribution is 5.93. The lowest BCUT2D eigenvalue weighted by Crippen LogP contribution is -2.53. The third kappa shape index (κ3) is 7.87. The number of aliphatic hydroxyl groups excluding tert-OH is 1. The van der Waals surface area contributed by atoms with Gasteiger partial charge in [-0.3, -0.25) is 14.5 Å². The molecule has 186 valence electrons. The molecule has 2 rings (SSSR count). The van der Waals surface area contributed by atoms with Crippen LogP contribution in [0.25, 0.3) is 0 Å². The van der Waals surface area contributed by atoms with E-state index in [0.29, 0.717) is 5.56 Å². The minimum Gasteiger partial charge on any atom is -0.444 e. The number of amides is 3. The molecule has 2 aromatic rings. The van der Waals surface area contributed by atoms with Crippen LogP contribution in [0.3, 0.4) is 0 Å². The number of carbonyl (C=O) groups is 3. The van der Waals surface area contributed by atoms with Gasteiger partial charge in [0.05, 0.1) is 6.61 Å². The van der Waals surface area contributed by atoms with Gasteiger partial charge in [0.15, 0.2) is 0 Å². The number of alkyl carbamates (subject to hydrolysis) is 1. The quantitative estimate of drug-likeness (QED) is 0.399. The second-order valence-corrected chi connectivity index (χ2v) is 9.18. The van der Waals surface area contributed by atoms with Crippen molar-refractivity contribution in [3.8, 4) is 12.5 Å². The zero-order valence-electron chi connectivity index (χ0n) is 20.8. The highest BCUT2D eigenvalue weighted by Crippen LogP contribution is 2.26. The number of hydrogen-bond donors (Lipinski definition) is 3. The van der Waals surface area contributed by atoms with E-state index in [2.05, 4.69) is 16.7 Å². The van der Waals surface area contributed by atoms with E-state index in [1.54, 1.807) is 26.8 Å². The number of nitrogens with zero attached hydrogens (tertiary/aromatic N) is 1. The van der Waals surface area contributed by atoms with E-state index in [4.69, 9.17) is 11.2 Å². The van der Waals surface area contributed by atoms with Gasteiger partial charge in [-0.15, -0.1) is 0 Å². The number of benzene rings is 2. The van der Waals surface area contributed by atoms with Crippen LogP contribution in [0, 0.1) is 26.3 Å². The van der Waals surface area contributed by atoms with Crippen LogP contribution in [0.4, 0.5) is 4.79 Å². The van der Waals surface area contributed by atoms with Crippen LogP contribution in [0.1, 0.15) is 49.1 Å². The van der Waals surface area contributed by atoms with Gasteiger partial charge < -0.3 is 20.5 Å². The van der Waals surface area contributed by atoms with Gasteiger partial charge in [0, 0.05) is 12.6 Å². The van der Waals surface area contributed by atoms with E-state index in [-0.39, 0.29) is 6.54 Å². The molecule has 3 amide bonds. The minimum atomic E-state index is -1.41. The summed E-state index contributed by atoms with van der Waals surface area (Å²) in [5.41, 5.74) is 2.34. The Kier molecular flexibility index (Phi) is 9.43. The Morgan fingerprint density at radius 3 is 2.31 bits per heavy atom. The molecular formula is C27H33N3O5. The monoisotopic (exact) mass is 479 g/mol. The van der Waals surface area contributed by atoms with Crippen molar-refractivity contribution in [1.82, 2.24) is 15.5 Å². The fourth-order valence-electron chi connectivity index (χ4n) is 3.48. The molecule has 8 nitrogen and oxygen atoms in total. The molecule has 0 aliphatic carbocycles. The van der Waals surface area contributed by atoms with Gasteiger partial charge in [0.25, 0.3) is 5.91 Å². The predicted octanol–water partition coefficient (Wildman–Crippen LogP) is 2.97. The van der Waals surface area contributed by atoms with Crippen LogP contribution < -0.4 is 10.6 Å². The third-order valence-corrected chi connectivity index (χ3v) is 5.08. The van der Waals surface area contributed by atoms with E-state index in [0.717, 1.165) is 21.6 Å². The predicted molar refractivity (Wildman–Crippen MR) is 133 cm³/mol. The smallest absolute Gasteiger partial charge is 0.408 e. The standard InChI is InChI=1S/C27H33N3O5/c1-7-30(25(33)22(17-31)29-26(34)35-27(4,5)6)23(21-14-13-18(2)15-19(21)3)24(32)28-16-20-11-9-8-10-12-20/h1,8-15,22-23,31H,16-17H2,2-6H3,(H,28,32)(H,29,34). The van der Waals surface area contributed by atoms with Crippen LogP contribution in [-0.2, 0) is 20.9 Å². The molecular weight excluding hydrogens is 446 g/mol. The summed E-state index contributed by atoms with van der Waals surface area (Å²) in [4.78, 5) is 39.9. The van der Waals surface area contributed by atoms with E-state index < -0.39 is 42.2 Å². The molecule has 2 unspecified atom stereocenters. The SMILES string of the molecule is C#CN(C(=O)C(CO)NC(=O)OC(C)(C)C)C(C(=O)NCc1ccccc1)c1ccc(C)cc1C. The maximum absolute atomic E-state index is 13.4. The molecule has 0 bridgehead atoms. The topological polar surface area (TPSA) is 108 Å². The van der Waals surface area contributed by atoms with Crippen molar-refractivity contribution in [3.05, 3.63) is 70.8 Å². The summed E-state index contributed by atoms with van der Waals surface area (Å²) in [6, 6.07) is 14.4. The average molecular weight is 480 g/mol. The Labute approximate surface area is 206 Å². The molecule has 0 aromatic heterocycles. The molecule has 0 fully saturated rings. The van der Waals surface area contributed by atoms with Gasteiger partial charge in [-0.25, -0.2) is 4.79 Å². The van der Waals surface area contributed by atoms with Gasteiger partial charge in [-0.2, -0.15) is 0 Å². The van der Waals surface area contributed by atoms with E-state index in [1.807, 2.05) is 56.3 Å². The van der Waals surface area contributed by atoms with Gasteiger partial charge in [0.1, 0.15) is 17.7 Å².